The average molecular weight is 490 g/mol. The van der Waals surface area contributed by atoms with E-state index in [9.17, 15) is 4.79 Å². The number of carbonyl (C=O) groups is 1. The van der Waals surface area contributed by atoms with Crippen molar-refractivity contribution in [1.82, 2.24) is 14.6 Å². The van der Waals surface area contributed by atoms with Gasteiger partial charge in [-0.15, -0.1) is 0 Å². The summed E-state index contributed by atoms with van der Waals surface area (Å²) in [6.45, 7) is 4.04. The predicted molar refractivity (Wildman–Crippen MR) is 146 cm³/mol. The highest BCUT2D eigenvalue weighted by atomic mass is 16.5. The van der Waals surface area contributed by atoms with Gasteiger partial charge < -0.3 is 9.47 Å². The van der Waals surface area contributed by atoms with Crippen molar-refractivity contribution in [3.05, 3.63) is 107 Å². The van der Waals surface area contributed by atoms with E-state index in [2.05, 4.69) is 0 Å². The molecule has 0 fully saturated rings. The van der Waals surface area contributed by atoms with Crippen molar-refractivity contribution < 1.29 is 14.3 Å². The first-order valence-corrected chi connectivity index (χ1v) is 11.9. The van der Waals surface area contributed by atoms with Crippen LogP contribution in [0.4, 0.5) is 0 Å². The Bertz CT molecular complexity index is 1640. The molecule has 0 N–H and O–H groups in total. The zero-order valence-corrected chi connectivity index (χ0v) is 21.2. The highest BCUT2D eigenvalue weighted by Gasteiger charge is 2.14. The molecule has 2 heterocycles. The summed E-state index contributed by atoms with van der Waals surface area (Å²) in [4.78, 5) is 17.7. The molecule has 0 spiro atoms. The number of methoxy groups -OCH3 is 2. The average Bonchev–Trinajstić information content (AvgIpc) is 3.37. The van der Waals surface area contributed by atoms with Crippen LogP contribution in [0.15, 0.2) is 84.9 Å². The first-order chi connectivity index (χ1) is 18.0. The van der Waals surface area contributed by atoms with E-state index in [0.29, 0.717) is 28.4 Å². The molecule has 0 atom stereocenters. The lowest BCUT2D eigenvalue weighted by Gasteiger charge is -2.11. The fraction of sp³-hybridized carbons (Fsp3) is 0.129. The molecule has 5 rings (SSSR count). The second kappa shape index (κ2) is 10.1. The molecule has 3 aromatic carbocycles. The quantitative estimate of drug-likeness (QED) is 0.191. The van der Waals surface area contributed by atoms with Gasteiger partial charge in [0, 0.05) is 22.8 Å². The lowest BCUT2D eigenvalue weighted by molar-refractivity contribution is 0.104. The summed E-state index contributed by atoms with van der Waals surface area (Å²) in [7, 11) is 3.22. The van der Waals surface area contributed by atoms with E-state index < -0.39 is 0 Å². The molecule has 0 aliphatic heterocycles. The normalized spacial score (nSPS) is 11.2. The molecule has 6 heteroatoms. The van der Waals surface area contributed by atoms with Crippen LogP contribution in [-0.4, -0.2) is 34.6 Å². The minimum Gasteiger partial charge on any atom is -0.493 e. The number of ether oxygens (including phenoxy) is 2. The molecular formula is C31H27N3O3. The fourth-order valence-electron chi connectivity index (χ4n) is 4.18. The maximum Gasteiger partial charge on any atom is 0.185 e. The molecule has 0 aliphatic carbocycles. The van der Waals surface area contributed by atoms with E-state index in [-0.39, 0.29) is 5.78 Å². The van der Waals surface area contributed by atoms with E-state index in [0.717, 1.165) is 33.6 Å². The van der Waals surface area contributed by atoms with Gasteiger partial charge >= 0.3 is 0 Å². The van der Waals surface area contributed by atoms with Gasteiger partial charge in [0.15, 0.2) is 22.9 Å². The van der Waals surface area contributed by atoms with E-state index in [1.54, 1.807) is 26.4 Å². The Labute approximate surface area is 215 Å². The van der Waals surface area contributed by atoms with Crippen LogP contribution in [0.25, 0.3) is 34.2 Å². The number of hydrogen-bond donors (Lipinski definition) is 0. The third kappa shape index (κ3) is 4.86. The van der Waals surface area contributed by atoms with Gasteiger partial charge in [-0.3, -0.25) is 4.79 Å². The van der Waals surface area contributed by atoms with Gasteiger partial charge in [0.2, 0.25) is 0 Å². The fourth-order valence-corrected chi connectivity index (χ4v) is 4.18. The van der Waals surface area contributed by atoms with Gasteiger partial charge in [-0.25, -0.2) is 9.50 Å². The highest BCUT2D eigenvalue weighted by molar-refractivity contribution is 6.07. The second-order valence-electron chi connectivity index (χ2n) is 8.80. The van der Waals surface area contributed by atoms with Gasteiger partial charge in [0.25, 0.3) is 0 Å². The molecule has 0 saturated carbocycles. The number of carbonyl (C=O) groups excluding carboxylic acids is 1. The number of aromatic nitrogens is 3. The lowest BCUT2D eigenvalue weighted by Crippen LogP contribution is -2.00. The third-order valence-electron chi connectivity index (χ3n) is 6.39. The van der Waals surface area contributed by atoms with Crippen LogP contribution in [0.3, 0.4) is 0 Å². The third-order valence-corrected chi connectivity index (χ3v) is 6.39. The van der Waals surface area contributed by atoms with Crippen molar-refractivity contribution in [3.63, 3.8) is 0 Å². The first kappa shape index (κ1) is 24.0. The van der Waals surface area contributed by atoms with Gasteiger partial charge in [-0.05, 0) is 67.5 Å². The number of rotatable bonds is 7. The monoisotopic (exact) mass is 489 g/mol. The molecule has 5 aromatic rings. The summed E-state index contributed by atoms with van der Waals surface area (Å²) < 4.78 is 12.8. The van der Waals surface area contributed by atoms with Gasteiger partial charge in [0.1, 0.15) is 0 Å². The molecule has 0 bridgehead atoms. The summed E-state index contributed by atoms with van der Waals surface area (Å²) >= 11 is 0. The topological polar surface area (TPSA) is 65.7 Å². The van der Waals surface area contributed by atoms with Gasteiger partial charge in [-0.1, -0.05) is 42.5 Å². The maximum atomic E-state index is 12.9. The Kier molecular flexibility index (Phi) is 6.56. The molecule has 0 unspecified atom stereocenters. The van der Waals surface area contributed by atoms with Crippen LogP contribution < -0.4 is 9.47 Å². The van der Waals surface area contributed by atoms with Crippen molar-refractivity contribution in [2.75, 3.05) is 14.2 Å². The Balaban J connectivity index is 1.62. The molecule has 37 heavy (non-hydrogen) atoms. The molecule has 0 aliphatic rings. The summed E-state index contributed by atoms with van der Waals surface area (Å²) in [6, 6.07) is 25.3. The Hall–Kier alpha value is -4.71. The van der Waals surface area contributed by atoms with E-state index in [1.807, 2.05) is 97.2 Å². The predicted octanol–water partition coefficient (Wildman–Crippen LogP) is 6.59. The minimum atomic E-state index is -0.0732. The van der Waals surface area contributed by atoms with Gasteiger partial charge in [-0.2, -0.15) is 5.10 Å². The summed E-state index contributed by atoms with van der Waals surface area (Å²) in [5.74, 6) is 1.18. The molecule has 2 aromatic heterocycles. The van der Waals surface area contributed by atoms with E-state index >= 15 is 0 Å². The van der Waals surface area contributed by atoms with Crippen molar-refractivity contribution >= 4 is 17.5 Å². The number of allylic oxidation sites excluding steroid dienone is 1. The van der Waals surface area contributed by atoms with Crippen molar-refractivity contribution in [3.8, 4) is 34.0 Å². The molecule has 0 saturated heterocycles. The molecule has 184 valence electrons. The molecule has 0 radical (unpaired) electrons. The number of aryl methyl sites for hydroxylation is 2. The highest BCUT2D eigenvalue weighted by Crippen LogP contribution is 2.33. The Morgan fingerprint density at radius 2 is 1.59 bits per heavy atom. The number of ketones is 1. The minimum absolute atomic E-state index is 0.0732. The summed E-state index contributed by atoms with van der Waals surface area (Å²) in [5, 5.41) is 4.85. The largest absolute Gasteiger partial charge is 0.493 e. The van der Waals surface area contributed by atoms with Crippen LogP contribution in [0.1, 0.15) is 27.2 Å². The number of hydrogen-bond acceptors (Lipinski definition) is 5. The van der Waals surface area contributed by atoms with Crippen LogP contribution in [-0.2, 0) is 0 Å². The Morgan fingerprint density at radius 3 is 2.32 bits per heavy atom. The number of benzene rings is 3. The first-order valence-electron chi connectivity index (χ1n) is 11.9. The number of fused-ring (bicyclic) bond motifs is 1. The van der Waals surface area contributed by atoms with Crippen LogP contribution in [0.5, 0.6) is 11.5 Å². The van der Waals surface area contributed by atoms with Crippen LogP contribution in [0, 0.1) is 13.8 Å². The summed E-state index contributed by atoms with van der Waals surface area (Å²) in [5.41, 5.74) is 7.70. The van der Waals surface area contributed by atoms with Crippen molar-refractivity contribution in [1.29, 1.82) is 0 Å². The van der Waals surface area contributed by atoms with E-state index in [1.165, 1.54) is 0 Å². The van der Waals surface area contributed by atoms with Crippen molar-refractivity contribution in [2.45, 2.75) is 13.8 Å². The number of nitrogens with zero attached hydrogens (tertiary/aromatic N) is 3. The SMILES string of the molecule is COc1ccc(-c2cc(/C=C/C(=O)c3ccc(C)c(C)c3)nc3cc(-c4ccccc4)nn23)cc1OC. The maximum absolute atomic E-state index is 12.9. The molecule has 0 amide bonds. The standard InChI is InChI=1S/C31H27N3O3/c1-20-10-11-24(16-21(20)2)28(35)14-13-25-18-27(23-12-15-29(36-3)30(17-23)37-4)34-31(32-25)19-26(33-34)22-8-6-5-7-9-22/h5-19H,1-4H3/b14-13+. The molecular weight excluding hydrogens is 462 g/mol. The van der Waals surface area contributed by atoms with Gasteiger partial charge in [0.05, 0.1) is 31.3 Å². The van der Waals surface area contributed by atoms with E-state index in [4.69, 9.17) is 19.6 Å². The second-order valence-corrected chi connectivity index (χ2v) is 8.80. The molecule has 6 nitrogen and oxygen atoms in total. The summed E-state index contributed by atoms with van der Waals surface area (Å²) in [6.07, 6.45) is 3.31. The zero-order valence-electron chi connectivity index (χ0n) is 21.2. The zero-order chi connectivity index (χ0) is 25.9. The van der Waals surface area contributed by atoms with Crippen LogP contribution >= 0.6 is 0 Å². The lowest BCUT2D eigenvalue weighted by atomic mass is 10.0. The Morgan fingerprint density at radius 1 is 0.811 bits per heavy atom. The van der Waals surface area contributed by atoms with Crippen molar-refractivity contribution in [2.24, 2.45) is 0 Å². The van der Waals surface area contributed by atoms with Crippen LogP contribution in [0.2, 0.25) is 0 Å². The smallest absolute Gasteiger partial charge is 0.185 e.